The Bertz CT molecular complexity index is 405. The lowest BCUT2D eigenvalue weighted by Crippen LogP contribution is -2.03. The largest absolute Gasteiger partial charge is 0.103 e. The first-order valence-electron chi connectivity index (χ1n) is 8.51. The van der Waals surface area contributed by atoms with E-state index in [1.165, 1.54) is 48.1 Å². The van der Waals surface area contributed by atoms with Gasteiger partial charge in [0.15, 0.2) is 0 Å². The van der Waals surface area contributed by atoms with Gasteiger partial charge in [-0.15, -0.1) is 15.8 Å². The molecule has 0 N–H and O–H groups in total. The first-order valence-corrected chi connectivity index (χ1v) is 12.3. The van der Waals surface area contributed by atoms with Crippen LogP contribution in [0.3, 0.4) is 0 Å². The second-order valence-corrected chi connectivity index (χ2v) is 11.9. The van der Waals surface area contributed by atoms with Crippen LogP contribution in [0.5, 0.6) is 0 Å². The van der Waals surface area contributed by atoms with Gasteiger partial charge in [-0.25, -0.2) is 0 Å². The average molecular weight is 324 g/mol. The molecule has 0 bridgehead atoms. The predicted octanol–water partition coefficient (Wildman–Crippen LogP) is 6.66. The summed E-state index contributed by atoms with van der Waals surface area (Å²) in [7, 11) is 0.382. The molecule has 0 aliphatic heterocycles. The van der Waals surface area contributed by atoms with Crippen LogP contribution in [0, 0.1) is 20.8 Å². The van der Waals surface area contributed by atoms with Crippen LogP contribution < -0.4 is 0 Å². The molecule has 0 unspecified atom stereocenters. The molecule has 1 aromatic rings. The van der Waals surface area contributed by atoms with Crippen molar-refractivity contribution in [3.05, 3.63) is 33.9 Å². The third-order valence-electron chi connectivity index (χ3n) is 4.84. The van der Waals surface area contributed by atoms with E-state index in [1.807, 2.05) is 0 Å². The molecule has 1 aromatic carbocycles. The van der Waals surface area contributed by atoms with Crippen molar-refractivity contribution in [1.82, 2.24) is 0 Å². The van der Waals surface area contributed by atoms with Crippen LogP contribution in [-0.4, -0.2) is 24.6 Å². The van der Waals surface area contributed by atoms with Crippen molar-refractivity contribution in [2.24, 2.45) is 0 Å². The Balaban J connectivity index is 3.15. The van der Waals surface area contributed by atoms with Gasteiger partial charge in [0.25, 0.3) is 0 Å². The van der Waals surface area contributed by atoms with E-state index >= 15 is 0 Å². The van der Waals surface area contributed by atoms with Gasteiger partial charge in [-0.3, -0.25) is 0 Å². The topological polar surface area (TPSA) is 0 Å². The van der Waals surface area contributed by atoms with Crippen LogP contribution >= 0.6 is 15.8 Å². The second-order valence-electron chi connectivity index (χ2n) is 6.02. The summed E-state index contributed by atoms with van der Waals surface area (Å²) in [6.07, 6.45) is 8.14. The normalized spacial score (nSPS) is 11.7. The van der Waals surface area contributed by atoms with Gasteiger partial charge >= 0.3 is 0 Å². The van der Waals surface area contributed by atoms with Crippen molar-refractivity contribution in [2.45, 2.75) is 60.8 Å². The Kier molecular flexibility index (Phi) is 8.44. The van der Waals surface area contributed by atoms with Gasteiger partial charge in [0.1, 0.15) is 0 Å². The first-order chi connectivity index (χ1) is 9.98. The van der Waals surface area contributed by atoms with Crippen LogP contribution in [0.15, 0.2) is 6.07 Å². The van der Waals surface area contributed by atoms with E-state index < -0.39 is 0 Å². The highest BCUT2D eigenvalue weighted by Gasteiger charge is 2.16. The first kappa shape index (κ1) is 19.1. The minimum atomic E-state index is 0.191. The molecule has 0 radical (unpaired) electrons. The lowest BCUT2D eigenvalue weighted by Gasteiger charge is -2.23. The van der Waals surface area contributed by atoms with E-state index in [2.05, 4.69) is 54.5 Å². The Hall–Kier alpha value is 0.0800. The molecule has 120 valence electrons. The third kappa shape index (κ3) is 5.04. The number of hydrogen-bond acceptors (Lipinski definition) is 0. The van der Waals surface area contributed by atoms with Crippen molar-refractivity contribution in [1.29, 1.82) is 0 Å². The molecule has 0 saturated heterocycles. The van der Waals surface area contributed by atoms with Crippen LogP contribution in [0.4, 0.5) is 0 Å². The molecular formula is C19H34P2. The van der Waals surface area contributed by atoms with E-state index in [4.69, 9.17) is 0 Å². The Morgan fingerprint density at radius 2 is 1.00 bits per heavy atom. The highest BCUT2D eigenvalue weighted by Crippen LogP contribution is 2.44. The number of benzene rings is 1. The van der Waals surface area contributed by atoms with Gasteiger partial charge < -0.3 is 0 Å². The van der Waals surface area contributed by atoms with E-state index in [0.29, 0.717) is 0 Å². The molecule has 0 aliphatic carbocycles. The molecule has 2 heteroatoms. The van der Waals surface area contributed by atoms with Crippen molar-refractivity contribution < 1.29 is 0 Å². The highest BCUT2D eigenvalue weighted by atomic mass is 31.1. The van der Waals surface area contributed by atoms with E-state index in [-0.39, 0.29) is 15.8 Å². The van der Waals surface area contributed by atoms with Crippen molar-refractivity contribution >= 4 is 15.8 Å². The molecular weight excluding hydrogens is 290 g/mol. The monoisotopic (exact) mass is 324 g/mol. The fraction of sp³-hybridized carbons (Fsp3) is 0.684. The lowest BCUT2D eigenvalue weighted by atomic mass is 9.95. The second kappa shape index (κ2) is 9.27. The standard InChI is InChI=1S/C19H34P2/c1-8-20(9-2)13-18-15(5)12-16(6)19(17(18)7)14-21(10-3)11-4/h12H,8-11,13-14H2,1-7H3. The lowest BCUT2D eigenvalue weighted by molar-refractivity contribution is 1.13. The maximum absolute atomic E-state index is 2.45. The molecule has 0 spiro atoms. The summed E-state index contributed by atoms with van der Waals surface area (Å²) in [6.45, 7) is 16.5. The van der Waals surface area contributed by atoms with Gasteiger partial charge in [0, 0.05) is 0 Å². The minimum absolute atomic E-state index is 0.191. The zero-order chi connectivity index (χ0) is 16.0. The SMILES string of the molecule is CCP(CC)Cc1c(C)cc(C)c(CP(CC)CC)c1C. The van der Waals surface area contributed by atoms with Crippen LogP contribution in [0.25, 0.3) is 0 Å². The molecule has 0 aromatic heterocycles. The molecule has 0 nitrogen and oxygen atoms in total. The quantitative estimate of drug-likeness (QED) is 0.469. The molecule has 0 fully saturated rings. The van der Waals surface area contributed by atoms with Crippen molar-refractivity contribution in [3.63, 3.8) is 0 Å². The van der Waals surface area contributed by atoms with E-state index in [1.54, 1.807) is 16.7 Å². The molecule has 0 atom stereocenters. The molecule has 21 heavy (non-hydrogen) atoms. The molecule has 0 amide bonds. The molecule has 0 heterocycles. The maximum atomic E-state index is 2.45. The fourth-order valence-corrected chi connectivity index (χ4v) is 6.76. The van der Waals surface area contributed by atoms with Gasteiger partial charge in [-0.05, 0) is 85.6 Å². The van der Waals surface area contributed by atoms with Gasteiger partial charge in [-0.1, -0.05) is 33.8 Å². The third-order valence-corrected chi connectivity index (χ3v) is 9.95. The zero-order valence-electron chi connectivity index (χ0n) is 15.2. The van der Waals surface area contributed by atoms with Gasteiger partial charge in [0.05, 0.1) is 0 Å². The zero-order valence-corrected chi connectivity index (χ0v) is 17.0. The summed E-state index contributed by atoms with van der Waals surface area (Å²) in [5, 5.41) is 0. The van der Waals surface area contributed by atoms with Crippen molar-refractivity contribution in [2.75, 3.05) is 24.6 Å². The van der Waals surface area contributed by atoms with E-state index in [0.717, 1.165) is 0 Å². The number of aryl methyl sites for hydroxylation is 2. The van der Waals surface area contributed by atoms with E-state index in [9.17, 15) is 0 Å². The minimum Gasteiger partial charge on any atom is -0.103 e. The summed E-state index contributed by atoms with van der Waals surface area (Å²) in [6, 6.07) is 2.45. The maximum Gasteiger partial charge on any atom is -0.00679 e. The van der Waals surface area contributed by atoms with Gasteiger partial charge in [-0.2, -0.15) is 0 Å². The summed E-state index contributed by atoms with van der Waals surface area (Å²) in [5.41, 5.74) is 8.03. The summed E-state index contributed by atoms with van der Waals surface area (Å²) in [5.74, 6) is 0. The summed E-state index contributed by atoms with van der Waals surface area (Å²) in [4.78, 5) is 0. The van der Waals surface area contributed by atoms with Crippen LogP contribution in [0.1, 0.15) is 55.5 Å². The predicted molar refractivity (Wildman–Crippen MR) is 104 cm³/mol. The smallest absolute Gasteiger partial charge is 0.00679 e. The summed E-state index contributed by atoms with van der Waals surface area (Å²) >= 11 is 0. The molecule has 1 rings (SSSR count). The number of rotatable bonds is 8. The molecule has 0 aliphatic rings. The fourth-order valence-electron chi connectivity index (χ4n) is 3.10. The Morgan fingerprint density at radius 1 is 0.667 bits per heavy atom. The van der Waals surface area contributed by atoms with Gasteiger partial charge in [0.2, 0.25) is 0 Å². The Labute approximate surface area is 135 Å². The highest BCUT2D eigenvalue weighted by molar-refractivity contribution is 7.57. The molecule has 0 saturated carbocycles. The average Bonchev–Trinajstić information content (AvgIpc) is 2.47. The summed E-state index contributed by atoms with van der Waals surface area (Å²) < 4.78 is 0. The van der Waals surface area contributed by atoms with Crippen LogP contribution in [-0.2, 0) is 12.3 Å². The van der Waals surface area contributed by atoms with Crippen molar-refractivity contribution in [3.8, 4) is 0 Å². The Morgan fingerprint density at radius 3 is 1.29 bits per heavy atom. The van der Waals surface area contributed by atoms with Crippen LogP contribution in [0.2, 0.25) is 0 Å². The number of hydrogen-bond donors (Lipinski definition) is 0.